The molecular weight excluding hydrogens is 460 g/mol. The highest BCUT2D eigenvalue weighted by atomic mass is 79.9. The molecule has 142 valence electrons. The molecule has 1 heterocycles. The van der Waals surface area contributed by atoms with Crippen LogP contribution < -0.4 is 0 Å². The number of halogens is 2. The number of nitrogens with zero attached hydrogens (tertiary/aromatic N) is 4. The van der Waals surface area contributed by atoms with Gasteiger partial charge in [0, 0.05) is 27.3 Å². The van der Waals surface area contributed by atoms with Gasteiger partial charge in [-0.2, -0.15) is 10.5 Å². The van der Waals surface area contributed by atoms with Gasteiger partial charge in [0.15, 0.2) is 0 Å². The average Bonchev–Trinajstić information content (AvgIpc) is 3.10. The first kappa shape index (κ1) is 18.6. The highest BCUT2D eigenvalue weighted by molar-refractivity contribution is 9.10. The van der Waals surface area contributed by atoms with Crippen molar-refractivity contribution in [3.05, 3.63) is 75.2 Å². The van der Waals surface area contributed by atoms with Crippen LogP contribution in [0.5, 0.6) is 0 Å². The monoisotopic (exact) mass is 470 g/mol. The molecular formula is C24H12BrClN4. The molecule has 30 heavy (non-hydrogen) atoms. The van der Waals surface area contributed by atoms with Crippen molar-refractivity contribution in [3.8, 4) is 23.5 Å². The van der Waals surface area contributed by atoms with Gasteiger partial charge in [-0.05, 0) is 47.2 Å². The number of benzene rings is 4. The van der Waals surface area contributed by atoms with Crippen molar-refractivity contribution in [2.75, 3.05) is 0 Å². The van der Waals surface area contributed by atoms with Gasteiger partial charge < -0.3 is 4.57 Å². The fourth-order valence-corrected chi connectivity index (χ4v) is 4.62. The zero-order valence-electron chi connectivity index (χ0n) is 15.7. The van der Waals surface area contributed by atoms with E-state index in [0.717, 1.165) is 37.1 Å². The molecule has 4 aromatic carbocycles. The van der Waals surface area contributed by atoms with E-state index in [0.29, 0.717) is 27.5 Å². The minimum absolute atomic E-state index is 0.423. The van der Waals surface area contributed by atoms with Crippen LogP contribution in [0.3, 0.4) is 0 Å². The van der Waals surface area contributed by atoms with E-state index in [-0.39, 0.29) is 0 Å². The maximum atomic E-state index is 9.65. The van der Waals surface area contributed by atoms with Gasteiger partial charge in [-0.3, -0.25) is 0 Å². The van der Waals surface area contributed by atoms with E-state index in [9.17, 15) is 10.5 Å². The molecule has 0 N–H and O–H groups in total. The molecule has 0 aliphatic heterocycles. The molecule has 0 spiro atoms. The normalized spacial score (nSPS) is 11.1. The van der Waals surface area contributed by atoms with Crippen LogP contribution in [-0.4, -0.2) is 9.55 Å². The molecule has 5 rings (SSSR count). The summed E-state index contributed by atoms with van der Waals surface area (Å²) in [7, 11) is 1.92. The number of imidazole rings is 1. The van der Waals surface area contributed by atoms with Crippen molar-refractivity contribution in [1.29, 1.82) is 10.5 Å². The summed E-state index contributed by atoms with van der Waals surface area (Å²) in [5, 5.41) is 24.0. The Kier molecular flexibility index (Phi) is 4.25. The summed E-state index contributed by atoms with van der Waals surface area (Å²) in [6.07, 6.45) is 0. The fourth-order valence-electron chi connectivity index (χ4n) is 4.09. The quantitative estimate of drug-likeness (QED) is 0.255. The lowest BCUT2D eigenvalue weighted by molar-refractivity contribution is 0.961. The molecule has 6 heteroatoms. The van der Waals surface area contributed by atoms with Crippen molar-refractivity contribution < 1.29 is 0 Å². The maximum absolute atomic E-state index is 9.65. The minimum atomic E-state index is 0.423. The number of hydrogen-bond acceptors (Lipinski definition) is 3. The number of hydrogen-bond donors (Lipinski definition) is 0. The standard InChI is InChI=1S/C24H12BrClN4/c1-30-23-18-7-5-15(25)9-19(18)20-10-16(26)6-8-17(20)22(23)29-24(30)21-13(11-27)3-2-4-14(21)12-28/h2-10H,1H3. The van der Waals surface area contributed by atoms with E-state index >= 15 is 0 Å². The first-order chi connectivity index (χ1) is 14.5. The first-order valence-electron chi connectivity index (χ1n) is 9.14. The second-order valence-corrected chi connectivity index (χ2v) is 8.38. The molecule has 0 bridgehead atoms. The Morgan fingerprint density at radius 2 is 1.57 bits per heavy atom. The molecule has 4 nitrogen and oxygen atoms in total. The van der Waals surface area contributed by atoms with E-state index in [4.69, 9.17) is 16.6 Å². The van der Waals surface area contributed by atoms with Crippen LogP contribution in [0.25, 0.3) is 44.0 Å². The van der Waals surface area contributed by atoms with Gasteiger partial charge in [-0.25, -0.2) is 4.98 Å². The SMILES string of the molecule is Cn1c(-c2c(C#N)cccc2C#N)nc2c3ccc(Cl)cc3c3cc(Br)ccc3c21. The first-order valence-corrected chi connectivity index (χ1v) is 10.3. The summed E-state index contributed by atoms with van der Waals surface area (Å²) in [6, 6.07) is 21.4. The van der Waals surface area contributed by atoms with E-state index in [1.54, 1.807) is 18.2 Å². The Morgan fingerprint density at radius 1 is 0.900 bits per heavy atom. The Balaban J connectivity index is 2.03. The fraction of sp³-hybridized carbons (Fsp3) is 0.0417. The van der Waals surface area contributed by atoms with Crippen molar-refractivity contribution in [2.45, 2.75) is 0 Å². The van der Waals surface area contributed by atoms with E-state index < -0.39 is 0 Å². The molecule has 0 aliphatic rings. The largest absolute Gasteiger partial charge is 0.327 e. The molecule has 0 amide bonds. The molecule has 0 unspecified atom stereocenters. The summed E-state index contributed by atoms with van der Waals surface area (Å²) >= 11 is 9.88. The Labute approximate surface area is 185 Å². The topological polar surface area (TPSA) is 65.4 Å². The number of aromatic nitrogens is 2. The number of rotatable bonds is 1. The predicted octanol–water partition coefficient (Wildman–Crippen LogP) is 6.71. The third-order valence-electron chi connectivity index (χ3n) is 5.39. The van der Waals surface area contributed by atoms with Crippen LogP contribution in [-0.2, 0) is 7.05 Å². The van der Waals surface area contributed by atoms with Crippen LogP contribution in [0.2, 0.25) is 5.02 Å². The average molecular weight is 472 g/mol. The zero-order chi connectivity index (χ0) is 21.0. The summed E-state index contributed by atoms with van der Waals surface area (Å²) in [5.41, 5.74) is 3.15. The van der Waals surface area contributed by atoms with Gasteiger partial charge in [0.2, 0.25) is 0 Å². The number of nitriles is 2. The second kappa shape index (κ2) is 6.85. The van der Waals surface area contributed by atoms with Crippen LogP contribution >= 0.6 is 27.5 Å². The minimum Gasteiger partial charge on any atom is -0.327 e. The van der Waals surface area contributed by atoms with Crippen LogP contribution in [0.1, 0.15) is 11.1 Å². The van der Waals surface area contributed by atoms with Crippen molar-refractivity contribution >= 4 is 60.1 Å². The van der Waals surface area contributed by atoms with Crippen molar-refractivity contribution in [1.82, 2.24) is 9.55 Å². The summed E-state index contributed by atoms with van der Waals surface area (Å²) in [4.78, 5) is 4.94. The predicted molar refractivity (Wildman–Crippen MR) is 123 cm³/mol. The lowest BCUT2D eigenvalue weighted by atomic mass is 10.00. The van der Waals surface area contributed by atoms with Gasteiger partial charge in [-0.15, -0.1) is 0 Å². The molecule has 0 aliphatic carbocycles. The van der Waals surface area contributed by atoms with E-state index in [1.807, 2.05) is 35.9 Å². The van der Waals surface area contributed by atoms with Crippen molar-refractivity contribution in [2.24, 2.45) is 7.05 Å². The lowest BCUT2D eigenvalue weighted by Gasteiger charge is -2.10. The van der Waals surface area contributed by atoms with Crippen LogP contribution in [0, 0.1) is 22.7 Å². The van der Waals surface area contributed by atoms with Gasteiger partial charge >= 0.3 is 0 Å². The third-order valence-corrected chi connectivity index (χ3v) is 6.12. The highest BCUT2D eigenvalue weighted by Crippen LogP contribution is 2.39. The molecule has 0 saturated heterocycles. The van der Waals surface area contributed by atoms with Gasteiger partial charge in [0.05, 0.1) is 39.9 Å². The summed E-state index contributed by atoms with van der Waals surface area (Å²) in [6.45, 7) is 0. The van der Waals surface area contributed by atoms with Gasteiger partial charge in [0.1, 0.15) is 5.82 Å². The molecule has 0 radical (unpaired) electrons. The highest BCUT2D eigenvalue weighted by Gasteiger charge is 2.21. The van der Waals surface area contributed by atoms with Crippen molar-refractivity contribution in [3.63, 3.8) is 0 Å². The van der Waals surface area contributed by atoms with E-state index in [2.05, 4.69) is 40.2 Å². The Hall–Kier alpha value is -3.38. The molecule has 1 aromatic heterocycles. The Bertz CT molecular complexity index is 1570. The summed E-state index contributed by atoms with van der Waals surface area (Å²) in [5.74, 6) is 0.588. The summed E-state index contributed by atoms with van der Waals surface area (Å²) < 4.78 is 2.94. The maximum Gasteiger partial charge on any atom is 0.143 e. The molecule has 0 fully saturated rings. The Morgan fingerprint density at radius 3 is 2.27 bits per heavy atom. The number of fused-ring (bicyclic) bond motifs is 6. The lowest BCUT2D eigenvalue weighted by Crippen LogP contribution is -1.98. The van der Waals surface area contributed by atoms with Gasteiger partial charge in [-0.1, -0.05) is 45.7 Å². The molecule has 0 saturated carbocycles. The number of aryl methyl sites for hydroxylation is 1. The molecule has 0 atom stereocenters. The van der Waals surface area contributed by atoms with Gasteiger partial charge in [0.25, 0.3) is 0 Å². The second-order valence-electron chi connectivity index (χ2n) is 7.02. The van der Waals surface area contributed by atoms with Crippen LogP contribution in [0.4, 0.5) is 0 Å². The van der Waals surface area contributed by atoms with E-state index in [1.165, 1.54) is 0 Å². The zero-order valence-corrected chi connectivity index (χ0v) is 18.1. The van der Waals surface area contributed by atoms with Crippen LogP contribution in [0.15, 0.2) is 59.1 Å². The molecule has 5 aromatic rings. The smallest absolute Gasteiger partial charge is 0.143 e. The third kappa shape index (κ3) is 2.60.